The fraction of sp³-hybridized carbons (Fsp3) is 0.500. The van der Waals surface area contributed by atoms with E-state index in [1.54, 1.807) is 0 Å². The summed E-state index contributed by atoms with van der Waals surface area (Å²) in [5, 5.41) is 27.4. The first-order valence-corrected chi connectivity index (χ1v) is 9.04. The lowest BCUT2D eigenvalue weighted by Gasteiger charge is -2.22. The van der Waals surface area contributed by atoms with Crippen LogP contribution in [-0.4, -0.2) is 38.2 Å². The second kappa shape index (κ2) is 6.75. The summed E-state index contributed by atoms with van der Waals surface area (Å²) >= 11 is 0. The van der Waals surface area contributed by atoms with Gasteiger partial charge in [-0.2, -0.15) is 5.26 Å². The Morgan fingerprint density at radius 3 is 2.88 bits per heavy atom. The molecule has 8 nitrogen and oxygen atoms in total. The quantitative estimate of drug-likeness (QED) is 0.824. The molecule has 2 N–H and O–H groups in total. The van der Waals surface area contributed by atoms with Crippen LogP contribution in [-0.2, 0) is 4.79 Å². The highest BCUT2D eigenvalue weighted by atomic mass is 16.2. The lowest BCUT2D eigenvalue weighted by atomic mass is 10.00. The van der Waals surface area contributed by atoms with Crippen LogP contribution in [0.1, 0.15) is 44.6 Å². The van der Waals surface area contributed by atoms with Crippen LogP contribution in [0.3, 0.4) is 0 Å². The Labute approximate surface area is 151 Å². The van der Waals surface area contributed by atoms with Gasteiger partial charge in [-0.15, -0.1) is 5.10 Å². The number of anilines is 1. The Kier molecular flexibility index (Phi) is 4.29. The van der Waals surface area contributed by atoms with Gasteiger partial charge in [-0.05, 0) is 61.1 Å². The van der Waals surface area contributed by atoms with Gasteiger partial charge in [0.25, 0.3) is 0 Å². The number of hydrogen-bond donors (Lipinski definition) is 2. The van der Waals surface area contributed by atoms with Crippen molar-refractivity contribution < 1.29 is 4.79 Å². The number of aromatic nitrogens is 4. The van der Waals surface area contributed by atoms with Crippen LogP contribution in [0.4, 0.5) is 5.69 Å². The largest absolute Gasteiger partial charge is 0.376 e. The van der Waals surface area contributed by atoms with Gasteiger partial charge in [-0.3, -0.25) is 4.79 Å². The number of carbonyl (C=O) groups is 1. The Morgan fingerprint density at radius 1 is 1.35 bits per heavy atom. The van der Waals surface area contributed by atoms with E-state index in [1.807, 2.05) is 28.9 Å². The van der Waals surface area contributed by atoms with Gasteiger partial charge < -0.3 is 10.6 Å². The molecule has 2 saturated carbocycles. The van der Waals surface area contributed by atoms with Gasteiger partial charge in [0, 0.05) is 11.3 Å². The van der Waals surface area contributed by atoms with E-state index in [9.17, 15) is 10.1 Å². The summed E-state index contributed by atoms with van der Waals surface area (Å²) in [7, 11) is 0. The number of nitrogens with zero attached hydrogens (tertiary/aromatic N) is 5. The second-order valence-electron chi connectivity index (χ2n) is 7.06. The first-order valence-electron chi connectivity index (χ1n) is 9.04. The van der Waals surface area contributed by atoms with Crippen molar-refractivity contribution in [3.8, 4) is 17.5 Å². The average Bonchev–Trinajstić information content (AvgIpc) is 3.20. The number of benzene rings is 1. The summed E-state index contributed by atoms with van der Waals surface area (Å²) in [6.45, 7) is 0.125. The SMILES string of the molecule is N#CC1(NC(=O)CNc2cccc(-c3nnnn3C3CC3)c2)CCCC1. The van der Waals surface area contributed by atoms with E-state index in [0.29, 0.717) is 6.04 Å². The van der Waals surface area contributed by atoms with Gasteiger partial charge in [0.15, 0.2) is 5.82 Å². The third-order valence-electron chi connectivity index (χ3n) is 5.01. The summed E-state index contributed by atoms with van der Waals surface area (Å²) in [6.07, 6.45) is 5.65. The van der Waals surface area contributed by atoms with E-state index in [-0.39, 0.29) is 12.5 Å². The minimum absolute atomic E-state index is 0.125. The molecule has 0 unspecified atom stereocenters. The van der Waals surface area contributed by atoms with Gasteiger partial charge in [0.1, 0.15) is 5.54 Å². The number of amides is 1. The van der Waals surface area contributed by atoms with Crippen molar-refractivity contribution in [1.29, 1.82) is 5.26 Å². The number of rotatable bonds is 6. The van der Waals surface area contributed by atoms with Crippen molar-refractivity contribution in [3.05, 3.63) is 24.3 Å². The van der Waals surface area contributed by atoms with E-state index in [2.05, 4.69) is 32.2 Å². The molecule has 0 saturated heterocycles. The van der Waals surface area contributed by atoms with Crippen molar-refractivity contribution >= 4 is 11.6 Å². The normalized spacial score (nSPS) is 18.3. The topological polar surface area (TPSA) is 109 Å². The molecule has 26 heavy (non-hydrogen) atoms. The van der Waals surface area contributed by atoms with Crippen molar-refractivity contribution in [2.45, 2.75) is 50.1 Å². The van der Waals surface area contributed by atoms with E-state index in [4.69, 9.17) is 0 Å². The molecule has 1 aromatic carbocycles. The molecule has 2 fully saturated rings. The monoisotopic (exact) mass is 351 g/mol. The van der Waals surface area contributed by atoms with E-state index in [1.165, 1.54) is 0 Å². The first-order chi connectivity index (χ1) is 12.7. The van der Waals surface area contributed by atoms with Gasteiger partial charge in [-0.1, -0.05) is 12.1 Å². The second-order valence-corrected chi connectivity index (χ2v) is 7.06. The summed E-state index contributed by atoms with van der Waals surface area (Å²) in [4.78, 5) is 12.2. The maximum atomic E-state index is 12.2. The van der Waals surface area contributed by atoms with Crippen molar-refractivity contribution in [3.63, 3.8) is 0 Å². The molecule has 2 aliphatic carbocycles. The average molecular weight is 351 g/mol. The van der Waals surface area contributed by atoms with E-state index >= 15 is 0 Å². The minimum Gasteiger partial charge on any atom is -0.376 e. The van der Waals surface area contributed by atoms with Crippen LogP contribution in [0.15, 0.2) is 24.3 Å². The number of hydrogen-bond acceptors (Lipinski definition) is 6. The number of tetrazole rings is 1. The van der Waals surface area contributed by atoms with Gasteiger partial charge >= 0.3 is 0 Å². The summed E-state index contributed by atoms with van der Waals surface area (Å²) < 4.78 is 1.86. The smallest absolute Gasteiger partial charge is 0.240 e. The molecule has 134 valence electrons. The maximum Gasteiger partial charge on any atom is 0.240 e. The van der Waals surface area contributed by atoms with Gasteiger partial charge in [0.05, 0.1) is 18.7 Å². The highest BCUT2D eigenvalue weighted by Gasteiger charge is 2.35. The number of nitriles is 1. The highest BCUT2D eigenvalue weighted by Crippen LogP contribution is 2.36. The fourth-order valence-corrected chi connectivity index (χ4v) is 3.45. The van der Waals surface area contributed by atoms with Gasteiger partial charge in [-0.25, -0.2) is 4.68 Å². The third-order valence-corrected chi connectivity index (χ3v) is 5.01. The minimum atomic E-state index is -0.688. The molecule has 2 aliphatic rings. The van der Waals surface area contributed by atoms with Gasteiger partial charge in [0.2, 0.25) is 5.91 Å². The molecule has 0 radical (unpaired) electrons. The molecule has 1 heterocycles. The van der Waals surface area contributed by atoms with Crippen LogP contribution in [0.25, 0.3) is 11.4 Å². The molecule has 4 rings (SSSR count). The molecule has 2 aromatic rings. The van der Waals surface area contributed by atoms with Crippen molar-refractivity contribution in [2.24, 2.45) is 0 Å². The molecular weight excluding hydrogens is 330 g/mol. The molecule has 0 aliphatic heterocycles. The maximum absolute atomic E-state index is 12.2. The van der Waals surface area contributed by atoms with E-state index < -0.39 is 5.54 Å². The van der Waals surface area contributed by atoms with E-state index in [0.717, 1.165) is 55.6 Å². The lowest BCUT2D eigenvalue weighted by Crippen LogP contribution is -2.47. The molecule has 0 spiro atoms. The molecule has 1 amide bonds. The number of carbonyl (C=O) groups excluding carboxylic acids is 1. The molecule has 1 aromatic heterocycles. The zero-order valence-electron chi connectivity index (χ0n) is 14.5. The third kappa shape index (κ3) is 3.38. The Balaban J connectivity index is 1.40. The van der Waals surface area contributed by atoms with Crippen LogP contribution in [0, 0.1) is 11.3 Å². The van der Waals surface area contributed by atoms with Crippen LogP contribution < -0.4 is 10.6 Å². The zero-order valence-corrected chi connectivity index (χ0v) is 14.5. The predicted octanol–water partition coefficient (Wildman–Crippen LogP) is 2.04. The van der Waals surface area contributed by atoms with Crippen LogP contribution in [0.5, 0.6) is 0 Å². The van der Waals surface area contributed by atoms with Crippen LogP contribution >= 0.6 is 0 Å². The highest BCUT2D eigenvalue weighted by molar-refractivity contribution is 5.82. The molecular formula is C18H21N7O. The summed E-state index contributed by atoms with van der Waals surface area (Å²) in [6, 6.07) is 10.4. The summed E-state index contributed by atoms with van der Waals surface area (Å²) in [5.41, 5.74) is 1.05. The Bertz CT molecular complexity index is 843. The number of nitrogens with one attached hydrogen (secondary N) is 2. The molecule has 0 atom stereocenters. The van der Waals surface area contributed by atoms with Crippen molar-refractivity contribution in [1.82, 2.24) is 25.5 Å². The zero-order chi connectivity index (χ0) is 18.0. The van der Waals surface area contributed by atoms with Crippen molar-refractivity contribution in [2.75, 3.05) is 11.9 Å². The Morgan fingerprint density at radius 2 is 2.15 bits per heavy atom. The first kappa shape index (κ1) is 16.5. The Hall–Kier alpha value is -2.95. The molecule has 0 bridgehead atoms. The summed E-state index contributed by atoms with van der Waals surface area (Å²) in [5.74, 6) is 0.580. The molecule has 8 heteroatoms. The fourth-order valence-electron chi connectivity index (χ4n) is 3.45. The lowest BCUT2D eigenvalue weighted by molar-refractivity contribution is -0.120. The standard InChI is InChI=1S/C18H21N7O/c19-12-18(8-1-2-9-18)21-16(26)11-20-14-5-3-4-13(10-14)17-22-23-24-25(17)15-6-7-15/h3-5,10,15,20H,1-2,6-9,11H2,(H,21,26). The predicted molar refractivity (Wildman–Crippen MR) is 95.0 cm³/mol. The van der Waals surface area contributed by atoms with Crippen LogP contribution in [0.2, 0.25) is 0 Å².